The summed E-state index contributed by atoms with van der Waals surface area (Å²) >= 11 is 7.33. The highest BCUT2D eigenvalue weighted by atomic mass is 79.9. The van der Waals surface area contributed by atoms with Crippen LogP contribution in [0.2, 0.25) is 0 Å². The molecule has 2 aliphatic rings. The lowest BCUT2D eigenvalue weighted by Gasteiger charge is -2.30. The molecular weight excluding hydrogens is 528 g/mol. The Morgan fingerprint density at radius 2 is 1.81 bits per heavy atom. The van der Waals surface area contributed by atoms with Crippen LogP contribution in [0.5, 0.6) is 5.75 Å². The molecule has 0 bridgehead atoms. The molecule has 0 radical (unpaired) electrons. The molecule has 0 amide bonds. The zero-order valence-electron chi connectivity index (χ0n) is 20.6. The van der Waals surface area contributed by atoms with Gasteiger partial charge in [-0.25, -0.2) is 0 Å². The monoisotopic (exact) mass is 566 g/mol. The molecule has 1 aromatic rings. The first-order valence-corrected chi connectivity index (χ1v) is 13.5. The second kappa shape index (κ2) is 10.3. The highest BCUT2D eigenvalue weighted by Gasteiger charge is 2.28. The molecule has 178 valence electrons. The second-order valence-electron chi connectivity index (χ2n) is 11.6. The third-order valence-electron chi connectivity index (χ3n) is 6.67. The molecule has 5 heteroatoms. The summed E-state index contributed by atoms with van der Waals surface area (Å²) in [6.07, 6.45) is 8.08. The summed E-state index contributed by atoms with van der Waals surface area (Å²) in [6.45, 7) is 17.2. The molecular formula is C27H40Br2N2O. The van der Waals surface area contributed by atoms with Crippen molar-refractivity contribution < 1.29 is 5.11 Å². The zero-order chi connectivity index (χ0) is 23.7. The fourth-order valence-electron chi connectivity index (χ4n) is 4.78. The van der Waals surface area contributed by atoms with Crippen LogP contribution in [0.1, 0.15) is 77.5 Å². The first-order valence-electron chi connectivity index (χ1n) is 11.9. The second-order valence-corrected chi connectivity index (χ2v) is 13.5. The molecule has 1 fully saturated rings. The van der Waals surface area contributed by atoms with E-state index in [4.69, 9.17) is 0 Å². The predicted octanol–water partition coefficient (Wildman–Crippen LogP) is 7.12. The van der Waals surface area contributed by atoms with Gasteiger partial charge in [-0.3, -0.25) is 4.90 Å². The standard InChI is InChI=1S/C27H40Br2N2O/c1-26(2,3)20-12-19(25(32)24(13-20)27(4,5)6)15-30-16-23-8-7-9-31(23)17-18-10-21(28)14-22(29)11-18/h10,12-14,18,23,30,32H,7-9,11,15-17H2,1-6H3. The smallest absolute Gasteiger partial charge is 0.123 e. The van der Waals surface area contributed by atoms with Crippen LogP contribution in [0.3, 0.4) is 0 Å². The first-order chi connectivity index (χ1) is 14.8. The van der Waals surface area contributed by atoms with Crippen LogP contribution < -0.4 is 5.32 Å². The van der Waals surface area contributed by atoms with Crippen LogP contribution >= 0.6 is 31.9 Å². The van der Waals surface area contributed by atoms with Gasteiger partial charge in [-0.2, -0.15) is 0 Å². The van der Waals surface area contributed by atoms with Gasteiger partial charge in [0.15, 0.2) is 0 Å². The lowest BCUT2D eigenvalue weighted by Crippen LogP contribution is -2.40. The van der Waals surface area contributed by atoms with E-state index in [9.17, 15) is 5.11 Å². The number of hydrogen-bond donors (Lipinski definition) is 2. The van der Waals surface area contributed by atoms with Crippen molar-refractivity contribution in [3.05, 3.63) is 49.9 Å². The SMILES string of the molecule is CC(C)(C)c1cc(CNCC2CCCN2CC2C=C(Br)C=C(Br)C2)c(O)c(C(C)(C)C)c1. The van der Waals surface area contributed by atoms with Crippen LogP contribution in [0, 0.1) is 5.92 Å². The molecule has 0 aromatic heterocycles. The van der Waals surface area contributed by atoms with Crippen molar-refractivity contribution >= 4 is 31.9 Å². The van der Waals surface area contributed by atoms with E-state index in [1.165, 1.54) is 33.9 Å². The normalized spacial score (nSPS) is 22.8. The van der Waals surface area contributed by atoms with Crippen LogP contribution in [0.4, 0.5) is 0 Å². The maximum absolute atomic E-state index is 11.1. The molecule has 1 aromatic carbocycles. The minimum atomic E-state index is -0.0904. The van der Waals surface area contributed by atoms with E-state index in [-0.39, 0.29) is 10.8 Å². The molecule has 2 N–H and O–H groups in total. The number of aromatic hydroxyl groups is 1. The van der Waals surface area contributed by atoms with E-state index in [1.54, 1.807) is 0 Å². The van der Waals surface area contributed by atoms with Gasteiger partial charge in [0.05, 0.1) is 0 Å². The van der Waals surface area contributed by atoms with E-state index in [0.717, 1.165) is 30.6 Å². The Hall–Kier alpha value is -0.620. The Labute approximate surface area is 212 Å². The lowest BCUT2D eigenvalue weighted by molar-refractivity contribution is 0.224. The number of benzene rings is 1. The number of likely N-dealkylation sites (tertiary alicyclic amines) is 1. The van der Waals surface area contributed by atoms with Crippen LogP contribution in [0.15, 0.2) is 33.2 Å². The van der Waals surface area contributed by atoms with E-state index in [2.05, 4.69) is 108 Å². The highest BCUT2D eigenvalue weighted by Crippen LogP contribution is 2.38. The zero-order valence-corrected chi connectivity index (χ0v) is 23.7. The summed E-state index contributed by atoms with van der Waals surface area (Å²) in [4.78, 5) is 2.64. The third-order valence-corrected chi connectivity index (χ3v) is 7.72. The Kier molecular flexibility index (Phi) is 8.39. The quantitative estimate of drug-likeness (QED) is 0.384. The maximum atomic E-state index is 11.1. The van der Waals surface area contributed by atoms with Crippen molar-refractivity contribution in [2.45, 2.75) is 84.2 Å². The van der Waals surface area contributed by atoms with Gasteiger partial charge in [-0.15, -0.1) is 0 Å². The van der Waals surface area contributed by atoms with Crippen LogP contribution in [-0.4, -0.2) is 35.7 Å². The average Bonchev–Trinajstić information content (AvgIpc) is 3.07. The summed E-state index contributed by atoms with van der Waals surface area (Å²) in [5.74, 6) is 1.00. The number of phenolic OH excluding ortho intramolecular Hbond substituents is 1. The topological polar surface area (TPSA) is 35.5 Å². The molecule has 0 spiro atoms. The minimum Gasteiger partial charge on any atom is -0.507 e. The molecule has 1 heterocycles. The molecule has 0 saturated carbocycles. The molecule has 1 aliphatic carbocycles. The van der Waals surface area contributed by atoms with Gasteiger partial charge < -0.3 is 10.4 Å². The van der Waals surface area contributed by atoms with Gasteiger partial charge in [-0.1, -0.05) is 91.6 Å². The molecule has 32 heavy (non-hydrogen) atoms. The van der Waals surface area contributed by atoms with Crippen LogP contribution in [-0.2, 0) is 17.4 Å². The minimum absolute atomic E-state index is 0.0508. The summed E-state index contributed by atoms with van der Waals surface area (Å²) < 4.78 is 2.45. The Morgan fingerprint density at radius 1 is 1.09 bits per heavy atom. The van der Waals surface area contributed by atoms with Crippen LogP contribution in [0.25, 0.3) is 0 Å². The van der Waals surface area contributed by atoms with Gasteiger partial charge in [0.25, 0.3) is 0 Å². The molecule has 1 aliphatic heterocycles. The van der Waals surface area contributed by atoms with Gasteiger partial charge in [0.2, 0.25) is 0 Å². The fourth-order valence-corrected chi connectivity index (χ4v) is 6.40. The van der Waals surface area contributed by atoms with Crippen molar-refractivity contribution in [1.82, 2.24) is 10.2 Å². The van der Waals surface area contributed by atoms with Crippen molar-refractivity contribution in [3.8, 4) is 5.75 Å². The van der Waals surface area contributed by atoms with Gasteiger partial charge in [-0.05, 0) is 64.2 Å². The number of rotatable bonds is 6. The van der Waals surface area contributed by atoms with Crippen molar-refractivity contribution in [2.75, 3.05) is 19.6 Å². The Morgan fingerprint density at radius 3 is 2.44 bits per heavy atom. The number of allylic oxidation sites excluding steroid dienone is 3. The number of nitrogens with one attached hydrogen (secondary N) is 1. The van der Waals surface area contributed by atoms with Gasteiger partial charge in [0.1, 0.15) is 5.75 Å². The van der Waals surface area contributed by atoms with E-state index >= 15 is 0 Å². The summed E-state index contributed by atoms with van der Waals surface area (Å²) in [5, 5.41) is 14.7. The van der Waals surface area contributed by atoms with E-state index in [1.807, 2.05) is 0 Å². The van der Waals surface area contributed by atoms with Crippen molar-refractivity contribution in [3.63, 3.8) is 0 Å². The molecule has 3 rings (SSSR count). The number of phenols is 1. The number of nitrogens with zero attached hydrogens (tertiary/aromatic N) is 1. The molecule has 2 atom stereocenters. The Bertz CT molecular complexity index is 877. The highest BCUT2D eigenvalue weighted by molar-refractivity contribution is 9.12. The molecule has 3 nitrogen and oxygen atoms in total. The third kappa shape index (κ3) is 6.71. The van der Waals surface area contributed by atoms with Crippen molar-refractivity contribution in [2.24, 2.45) is 5.92 Å². The van der Waals surface area contributed by atoms with Gasteiger partial charge >= 0.3 is 0 Å². The summed E-state index contributed by atoms with van der Waals surface area (Å²) in [5.41, 5.74) is 3.30. The number of hydrogen-bond acceptors (Lipinski definition) is 3. The first kappa shape index (κ1) is 26.0. The summed E-state index contributed by atoms with van der Waals surface area (Å²) in [6, 6.07) is 4.94. The average molecular weight is 568 g/mol. The van der Waals surface area contributed by atoms with E-state index < -0.39 is 0 Å². The van der Waals surface area contributed by atoms with Gasteiger partial charge in [0, 0.05) is 35.7 Å². The molecule has 2 unspecified atom stereocenters. The lowest BCUT2D eigenvalue weighted by atomic mass is 9.79. The van der Waals surface area contributed by atoms with Crippen molar-refractivity contribution in [1.29, 1.82) is 0 Å². The summed E-state index contributed by atoms with van der Waals surface area (Å²) in [7, 11) is 0. The molecule has 1 saturated heterocycles. The van der Waals surface area contributed by atoms with E-state index in [0.29, 0.717) is 24.3 Å². The fraction of sp³-hybridized carbons (Fsp3) is 0.630. The Balaban J connectivity index is 1.66. The number of halogens is 2. The predicted molar refractivity (Wildman–Crippen MR) is 144 cm³/mol. The maximum Gasteiger partial charge on any atom is 0.123 e. The largest absolute Gasteiger partial charge is 0.507 e.